The van der Waals surface area contributed by atoms with Gasteiger partial charge in [-0.3, -0.25) is 9.79 Å². The minimum Gasteiger partial charge on any atom is -0.356 e. The number of nitrogens with zero attached hydrogens (tertiary/aromatic N) is 2. The highest BCUT2D eigenvalue weighted by Crippen LogP contribution is 2.42. The first-order chi connectivity index (χ1) is 12.2. The van der Waals surface area contributed by atoms with Gasteiger partial charge in [0.05, 0.1) is 0 Å². The zero-order chi connectivity index (χ0) is 17.5. The number of hydrogen-bond acceptors (Lipinski definition) is 3. The smallest absolute Gasteiger partial charge is 0.223 e. The molecule has 2 aliphatic carbocycles. The molecule has 3 fully saturated rings. The second-order valence-electron chi connectivity index (χ2n) is 7.76. The maximum Gasteiger partial charge on any atom is 0.223 e. The third-order valence-corrected chi connectivity index (χ3v) is 7.47. The van der Waals surface area contributed by atoms with Crippen LogP contribution < -0.4 is 10.6 Å². The SMILES string of the molecule is CN=C(NCCCNC(=O)C1CCC1)N1CCSC2(CCCCC2)C1. The quantitative estimate of drug-likeness (QED) is 0.446. The third-order valence-electron chi connectivity index (χ3n) is 5.94. The highest BCUT2D eigenvalue weighted by molar-refractivity contribution is 8.00. The van der Waals surface area contributed by atoms with Crippen molar-refractivity contribution >= 4 is 23.6 Å². The van der Waals surface area contributed by atoms with Crippen LogP contribution in [0.3, 0.4) is 0 Å². The normalized spacial score (nSPS) is 24.0. The van der Waals surface area contributed by atoms with Crippen molar-refractivity contribution in [2.75, 3.05) is 39.0 Å². The number of hydrogen-bond donors (Lipinski definition) is 2. The molecule has 1 aliphatic heterocycles. The molecule has 0 aromatic rings. The lowest BCUT2D eigenvalue weighted by atomic mass is 9.85. The Kier molecular flexibility index (Phi) is 6.91. The second kappa shape index (κ2) is 9.15. The van der Waals surface area contributed by atoms with Crippen LogP contribution in [0.5, 0.6) is 0 Å². The van der Waals surface area contributed by atoms with Crippen LogP contribution >= 0.6 is 11.8 Å². The number of guanidine groups is 1. The van der Waals surface area contributed by atoms with Gasteiger partial charge >= 0.3 is 0 Å². The van der Waals surface area contributed by atoms with E-state index in [2.05, 4.69) is 32.3 Å². The molecule has 25 heavy (non-hydrogen) atoms. The van der Waals surface area contributed by atoms with Crippen molar-refractivity contribution in [3.63, 3.8) is 0 Å². The Morgan fingerprint density at radius 3 is 2.60 bits per heavy atom. The lowest BCUT2D eigenvalue weighted by Gasteiger charge is -2.45. The molecule has 0 aromatic heterocycles. The van der Waals surface area contributed by atoms with E-state index in [1.807, 2.05) is 7.05 Å². The first-order valence-corrected chi connectivity index (χ1v) is 11.1. The van der Waals surface area contributed by atoms with Crippen molar-refractivity contribution in [2.24, 2.45) is 10.9 Å². The Bertz CT molecular complexity index is 467. The van der Waals surface area contributed by atoms with Crippen LogP contribution in [0.25, 0.3) is 0 Å². The van der Waals surface area contributed by atoms with Crippen LogP contribution in [0.1, 0.15) is 57.8 Å². The minimum atomic E-state index is 0.253. The van der Waals surface area contributed by atoms with Gasteiger partial charge in [-0.05, 0) is 32.1 Å². The van der Waals surface area contributed by atoms with E-state index in [0.717, 1.165) is 51.4 Å². The molecule has 2 N–H and O–H groups in total. The zero-order valence-electron chi connectivity index (χ0n) is 15.7. The summed E-state index contributed by atoms with van der Waals surface area (Å²) < 4.78 is 0.463. The number of rotatable bonds is 5. The summed E-state index contributed by atoms with van der Waals surface area (Å²) in [6.45, 7) is 3.85. The Morgan fingerprint density at radius 2 is 1.92 bits per heavy atom. The van der Waals surface area contributed by atoms with Crippen molar-refractivity contribution in [2.45, 2.75) is 62.5 Å². The molecular formula is C19H34N4OS. The van der Waals surface area contributed by atoms with Crippen LogP contribution in [0.4, 0.5) is 0 Å². The van der Waals surface area contributed by atoms with Gasteiger partial charge in [0, 0.05) is 49.6 Å². The van der Waals surface area contributed by atoms with Crippen molar-refractivity contribution in [3.05, 3.63) is 0 Å². The minimum absolute atomic E-state index is 0.253. The van der Waals surface area contributed by atoms with Crippen molar-refractivity contribution in [3.8, 4) is 0 Å². The van der Waals surface area contributed by atoms with Crippen LogP contribution in [-0.2, 0) is 4.79 Å². The van der Waals surface area contributed by atoms with Gasteiger partial charge in [-0.15, -0.1) is 0 Å². The molecular weight excluding hydrogens is 332 g/mol. The fraction of sp³-hybridized carbons (Fsp3) is 0.895. The van der Waals surface area contributed by atoms with Crippen LogP contribution in [-0.4, -0.2) is 60.5 Å². The van der Waals surface area contributed by atoms with E-state index in [1.165, 1.54) is 44.3 Å². The molecule has 0 unspecified atom stereocenters. The largest absolute Gasteiger partial charge is 0.356 e. The van der Waals surface area contributed by atoms with Gasteiger partial charge in [-0.1, -0.05) is 25.7 Å². The van der Waals surface area contributed by atoms with Crippen LogP contribution in [0.2, 0.25) is 0 Å². The van der Waals surface area contributed by atoms with Gasteiger partial charge in [-0.2, -0.15) is 11.8 Å². The van der Waals surface area contributed by atoms with E-state index in [1.54, 1.807) is 0 Å². The summed E-state index contributed by atoms with van der Waals surface area (Å²) in [6, 6.07) is 0. The molecule has 2 saturated carbocycles. The van der Waals surface area contributed by atoms with Crippen LogP contribution in [0, 0.1) is 5.92 Å². The summed E-state index contributed by atoms with van der Waals surface area (Å²) in [6.07, 6.45) is 11.2. The molecule has 0 aromatic carbocycles. The third kappa shape index (κ3) is 5.05. The van der Waals surface area contributed by atoms with Gasteiger partial charge in [0.15, 0.2) is 5.96 Å². The monoisotopic (exact) mass is 366 g/mol. The summed E-state index contributed by atoms with van der Waals surface area (Å²) in [4.78, 5) is 18.8. The predicted octanol–water partition coefficient (Wildman–Crippen LogP) is 2.62. The summed E-state index contributed by atoms with van der Waals surface area (Å²) in [5.41, 5.74) is 0. The number of thioether (sulfide) groups is 1. The van der Waals surface area contributed by atoms with Crippen molar-refractivity contribution < 1.29 is 4.79 Å². The van der Waals surface area contributed by atoms with Gasteiger partial charge < -0.3 is 15.5 Å². The molecule has 1 amide bonds. The lowest BCUT2D eigenvalue weighted by molar-refractivity contribution is -0.127. The molecule has 1 spiro atoms. The predicted molar refractivity (Wildman–Crippen MR) is 106 cm³/mol. The zero-order valence-corrected chi connectivity index (χ0v) is 16.5. The molecule has 5 nitrogen and oxygen atoms in total. The van der Waals surface area contributed by atoms with Crippen molar-refractivity contribution in [1.82, 2.24) is 15.5 Å². The van der Waals surface area contributed by atoms with Gasteiger partial charge in [-0.25, -0.2) is 0 Å². The molecule has 1 heterocycles. The van der Waals surface area contributed by atoms with Crippen molar-refractivity contribution in [1.29, 1.82) is 0 Å². The fourth-order valence-electron chi connectivity index (χ4n) is 4.17. The standard InChI is InChI=1S/C19H34N4OS/c1-20-18(22-12-6-11-21-17(24)16-7-5-8-16)23-13-14-25-19(15-23)9-3-2-4-10-19/h16H,2-15H2,1H3,(H,20,22)(H,21,24). The van der Waals surface area contributed by atoms with E-state index in [9.17, 15) is 4.79 Å². The first-order valence-electron chi connectivity index (χ1n) is 10.1. The Hall–Kier alpha value is -0.910. The number of amides is 1. The number of nitrogens with one attached hydrogen (secondary N) is 2. The number of aliphatic imine (C=N–C) groups is 1. The number of carbonyl (C=O) groups excluding carboxylic acids is 1. The molecule has 3 rings (SSSR count). The second-order valence-corrected chi connectivity index (χ2v) is 9.32. The number of carbonyl (C=O) groups is 1. The van der Waals surface area contributed by atoms with Gasteiger partial charge in [0.1, 0.15) is 0 Å². The van der Waals surface area contributed by atoms with E-state index in [-0.39, 0.29) is 5.91 Å². The molecule has 6 heteroatoms. The first kappa shape index (κ1) is 18.9. The summed E-state index contributed by atoms with van der Waals surface area (Å²) in [7, 11) is 1.88. The molecule has 3 aliphatic rings. The maximum atomic E-state index is 11.8. The Balaban J connectivity index is 1.37. The average Bonchev–Trinajstić information content (AvgIpc) is 2.57. The maximum absolute atomic E-state index is 11.8. The summed E-state index contributed by atoms with van der Waals surface area (Å²) >= 11 is 2.19. The highest BCUT2D eigenvalue weighted by Gasteiger charge is 2.38. The van der Waals surface area contributed by atoms with Gasteiger partial charge in [0.2, 0.25) is 5.91 Å². The summed E-state index contributed by atoms with van der Waals surface area (Å²) in [5.74, 6) is 2.79. The lowest BCUT2D eigenvalue weighted by Crippen LogP contribution is -2.53. The Morgan fingerprint density at radius 1 is 1.16 bits per heavy atom. The Labute approximate surface area is 156 Å². The van der Waals surface area contributed by atoms with Crippen LogP contribution in [0.15, 0.2) is 4.99 Å². The topological polar surface area (TPSA) is 56.7 Å². The molecule has 0 atom stereocenters. The average molecular weight is 367 g/mol. The van der Waals surface area contributed by atoms with E-state index in [4.69, 9.17) is 0 Å². The molecule has 0 bridgehead atoms. The molecule has 0 radical (unpaired) electrons. The van der Waals surface area contributed by atoms with Gasteiger partial charge in [0.25, 0.3) is 0 Å². The van der Waals surface area contributed by atoms with E-state index >= 15 is 0 Å². The molecule has 142 valence electrons. The molecule has 1 saturated heterocycles. The van der Waals surface area contributed by atoms with E-state index in [0.29, 0.717) is 10.7 Å². The highest BCUT2D eigenvalue weighted by atomic mass is 32.2. The van der Waals surface area contributed by atoms with E-state index < -0.39 is 0 Å². The summed E-state index contributed by atoms with van der Waals surface area (Å²) in [5, 5.41) is 6.57. The fourth-order valence-corrected chi connectivity index (χ4v) is 5.74.